The van der Waals surface area contributed by atoms with Crippen LogP contribution in [0.5, 0.6) is 0 Å². The van der Waals surface area contributed by atoms with E-state index in [1.807, 2.05) is 24.3 Å². The summed E-state index contributed by atoms with van der Waals surface area (Å²) in [6, 6.07) is 14.0. The van der Waals surface area contributed by atoms with Crippen LogP contribution < -0.4 is 5.32 Å². The molecule has 18 heavy (non-hydrogen) atoms. The minimum Gasteiger partial charge on any atom is -0.354 e. The summed E-state index contributed by atoms with van der Waals surface area (Å²) in [6.07, 6.45) is 0. The van der Waals surface area contributed by atoms with E-state index >= 15 is 0 Å². The molecule has 0 amide bonds. The third kappa shape index (κ3) is 2.85. The molecule has 0 bridgehead atoms. The summed E-state index contributed by atoms with van der Waals surface area (Å²) in [7, 11) is 0. The van der Waals surface area contributed by atoms with Crippen molar-refractivity contribution >= 4 is 49.9 Å². The number of hydrogen-bond acceptors (Lipinski definition) is 2. The van der Waals surface area contributed by atoms with E-state index in [1.54, 1.807) is 0 Å². The Morgan fingerprint density at radius 2 is 2.06 bits per heavy atom. The molecule has 0 saturated carbocycles. The van der Waals surface area contributed by atoms with Crippen LogP contribution in [0.2, 0.25) is 0 Å². The molecule has 0 aliphatic carbocycles. The van der Waals surface area contributed by atoms with Crippen LogP contribution in [0.3, 0.4) is 0 Å². The predicted molar refractivity (Wildman–Crippen MR) is 86.0 cm³/mol. The molecule has 0 aromatic heterocycles. The molecular weight excluding hydrogens is 403 g/mol. The molecule has 1 N–H and O–H groups in total. The fraction of sp³-hybridized carbons (Fsp3) is 0.0714. The van der Waals surface area contributed by atoms with Crippen LogP contribution in [-0.2, 0) is 0 Å². The fourth-order valence-electron chi connectivity index (χ4n) is 1.57. The highest BCUT2D eigenvalue weighted by Crippen LogP contribution is 2.27. The molecule has 2 aromatic rings. The molecule has 0 atom stereocenters. The lowest BCUT2D eigenvalue weighted by molar-refractivity contribution is 1.40. The molecule has 2 nitrogen and oxygen atoms in total. The maximum absolute atomic E-state index is 9.15. The predicted octanol–water partition coefficient (Wildman–Crippen LogP) is 4.98. The number of anilines is 2. The van der Waals surface area contributed by atoms with Gasteiger partial charge in [-0.25, -0.2) is 0 Å². The Balaban J connectivity index is 2.37. The van der Waals surface area contributed by atoms with E-state index in [-0.39, 0.29) is 0 Å². The molecule has 0 aliphatic rings. The van der Waals surface area contributed by atoms with Crippen LogP contribution in [0.4, 0.5) is 11.4 Å². The summed E-state index contributed by atoms with van der Waals surface area (Å²) in [6.45, 7) is 2.07. The summed E-state index contributed by atoms with van der Waals surface area (Å²) >= 11 is 5.69. The second kappa shape index (κ2) is 5.72. The van der Waals surface area contributed by atoms with Crippen molar-refractivity contribution in [1.82, 2.24) is 0 Å². The fourth-order valence-corrected chi connectivity index (χ4v) is 2.54. The van der Waals surface area contributed by atoms with E-state index < -0.39 is 0 Å². The van der Waals surface area contributed by atoms with Gasteiger partial charge in [0.05, 0.1) is 11.3 Å². The van der Waals surface area contributed by atoms with E-state index in [9.17, 15) is 0 Å². The summed E-state index contributed by atoms with van der Waals surface area (Å²) in [4.78, 5) is 0. The average molecular weight is 413 g/mol. The number of nitrogens with zero attached hydrogens (tertiary/aromatic N) is 1. The Hall–Kier alpha value is -1.06. The number of nitrogens with one attached hydrogen (secondary N) is 1. The third-order valence-corrected chi connectivity index (χ3v) is 4.40. The first kappa shape index (κ1) is 13.4. The van der Waals surface area contributed by atoms with Gasteiger partial charge in [-0.3, -0.25) is 0 Å². The van der Waals surface area contributed by atoms with Crippen LogP contribution in [0, 0.1) is 21.8 Å². The highest BCUT2D eigenvalue weighted by molar-refractivity contribution is 14.1. The highest BCUT2D eigenvalue weighted by Gasteiger charge is 2.06. The molecule has 0 heterocycles. The van der Waals surface area contributed by atoms with Gasteiger partial charge in [0, 0.05) is 13.7 Å². The lowest BCUT2D eigenvalue weighted by atomic mass is 10.1. The summed E-state index contributed by atoms with van der Waals surface area (Å²) in [5.74, 6) is 0. The lowest BCUT2D eigenvalue weighted by Crippen LogP contribution is -1.95. The van der Waals surface area contributed by atoms with Crippen molar-refractivity contribution in [3.63, 3.8) is 0 Å². The summed E-state index contributed by atoms with van der Waals surface area (Å²) in [5.41, 5.74) is 3.66. The van der Waals surface area contributed by atoms with Gasteiger partial charge in [0.2, 0.25) is 0 Å². The van der Waals surface area contributed by atoms with Crippen molar-refractivity contribution in [3.05, 3.63) is 55.6 Å². The van der Waals surface area contributed by atoms with E-state index in [0.717, 1.165) is 15.8 Å². The Morgan fingerprint density at radius 1 is 1.28 bits per heavy atom. The Labute approximate surface area is 128 Å². The molecule has 0 unspecified atom stereocenters. The number of nitriles is 1. The molecule has 0 spiro atoms. The number of hydrogen-bond donors (Lipinski definition) is 1. The molecule has 90 valence electrons. The van der Waals surface area contributed by atoms with Crippen LogP contribution in [0.15, 0.2) is 40.9 Å². The number of rotatable bonds is 2. The Kier molecular flexibility index (Phi) is 4.25. The highest BCUT2D eigenvalue weighted by atomic mass is 127. The first-order valence-corrected chi connectivity index (χ1v) is 7.21. The van der Waals surface area contributed by atoms with Crippen LogP contribution in [0.25, 0.3) is 0 Å². The van der Waals surface area contributed by atoms with E-state index in [2.05, 4.69) is 69.0 Å². The van der Waals surface area contributed by atoms with Gasteiger partial charge in [-0.15, -0.1) is 0 Å². The van der Waals surface area contributed by atoms with Crippen molar-refractivity contribution in [1.29, 1.82) is 5.26 Å². The van der Waals surface area contributed by atoms with E-state index in [1.165, 1.54) is 9.13 Å². The standard InChI is InChI=1S/C14H10BrIN2/c1-9-5-6-10(7-13(9)16)18-14-4-2-3-12(15)11(14)8-17/h2-7,18H,1H3. The van der Waals surface area contributed by atoms with Gasteiger partial charge in [0.15, 0.2) is 0 Å². The zero-order valence-electron chi connectivity index (χ0n) is 9.67. The average Bonchev–Trinajstić information content (AvgIpc) is 2.34. The van der Waals surface area contributed by atoms with Gasteiger partial charge in [-0.05, 0) is 75.3 Å². The van der Waals surface area contributed by atoms with Crippen molar-refractivity contribution in [2.75, 3.05) is 5.32 Å². The lowest BCUT2D eigenvalue weighted by Gasteiger charge is -2.10. The van der Waals surface area contributed by atoms with Crippen molar-refractivity contribution in [2.24, 2.45) is 0 Å². The molecule has 0 aliphatic heterocycles. The van der Waals surface area contributed by atoms with Crippen molar-refractivity contribution < 1.29 is 0 Å². The monoisotopic (exact) mass is 412 g/mol. The topological polar surface area (TPSA) is 35.8 Å². The summed E-state index contributed by atoms with van der Waals surface area (Å²) in [5, 5.41) is 12.4. The summed E-state index contributed by atoms with van der Waals surface area (Å²) < 4.78 is 2.00. The van der Waals surface area contributed by atoms with Crippen LogP contribution in [-0.4, -0.2) is 0 Å². The number of halogens is 2. The van der Waals surface area contributed by atoms with Gasteiger partial charge in [-0.1, -0.05) is 12.1 Å². The van der Waals surface area contributed by atoms with Gasteiger partial charge < -0.3 is 5.32 Å². The van der Waals surface area contributed by atoms with Crippen LogP contribution >= 0.6 is 38.5 Å². The molecule has 0 radical (unpaired) electrons. The smallest absolute Gasteiger partial charge is 0.103 e. The number of benzene rings is 2. The maximum Gasteiger partial charge on any atom is 0.103 e. The van der Waals surface area contributed by atoms with Crippen LogP contribution in [0.1, 0.15) is 11.1 Å². The van der Waals surface area contributed by atoms with Gasteiger partial charge in [-0.2, -0.15) is 5.26 Å². The normalized spacial score (nSPS) is 9.89. The quantitative estimate of drug-likeness (QED) is 0.706. The molecule has 2 aromatic carbocycles. The second-order valence-electron chi connectivity index (χ2n) is 3.86. The largest absolute Gasteiger partial charge is 0.354 e. The zero-order chi connectivity index (χ0) is 13.1. The first-order valence-electron chi connectivity index (χ1n) is 5.33. The van der Waals surface area contributed by atoms with E-state index in [4.69, 9.17) is 5.26 Å². The minimum absolute atomic E-state index is 0.619. The minimum atomic E-state index is 0.619. The van der Waals surface area contributed by atoms with Gasteiger partial charge in [0.25, 0.3) is 0 Å². The Bertz CT molecular complexity index is 632. The molecular formula is C14H10BrIN2. The molecule has 4 heteroatoms. The SMILES string of the molecule is Cc1ccc(Nc2cccc(Br)c2C#N)cc1I. The molecule has 0 fully saturated rings. The van der Waals surface area contributed by atoms with Crippen molar-refractivity contribution in [3.8, 4) is 6.07 Å². The first-order chi connectivity index (χ1) is 8.61. The van der Waals surface area contributed by atoms with Gasteiger partial charge in [0.1, 0.15) is 6.07 Å². The molecule has 2 rings (SSSR count). The van der Waals surface area contributed by atoms with Crippen molar-refractivity contribution in [2.45, 2.75) is 6.92 Å². The zero-order valence-corrected chi connectivity index (χ0v) is 13.4. The molecule has 0 saturated heterocycles. The third-order valence-electron chi connectivity index (χ3n) is 2.58. The van der Waals surface area contributed by atoms with Gasteiger partial charge >= 0.3 is 0 Å². The Morgan fingerprint density at radius 3 is 2.72 bits per heavy atom. The number of aryl methyl sites for hydroxylation is 1. The second-order valence-corrected chi connectivity index (χ2v) is 5.88. The maximum atomic E-state index is 9.15. The van der Waals surface area contributed by atoms with E-state index in [0.29, 0.717) is 5.56 Å².